The van der Waals surface area contributed by atoms with Gasteiger partial charge in [0.2, 0.25) is 5.91 Å². The minimum Gasteiger partial charge on any atom is -0.494 e. The molecule has 1 atom stereocenters. The van der Waals surface area contributed by atoms with E-state index in [4.69, 9.17) is 4.74 Å². The van der Waals surface area contributed by atoms with Gasteiger partial charge in [0.25, 0.3) is 0 Å². The second-order valence-electron chi connectivity index (χ2n) is 4.98. The van der Waals surface area contributed by atoms with Crippen LogP contribution in [-0.4, -0.2) is 32.4 Å². The summed E-state index contributed by atoms with van der Waals surface area (Å²) in [6.07, 6.45) is 0.839. The largest absolute Gasteiger partial charge is 0.494 e. The number of ether oxygens (including phenoxy) is 1. The van der Waals surface area contributed by atoms with E-state index in [0.29, 0.717) is 18.7 Å². The maximum absolute atomic E-state index is 11.9. The third-order valence-electron chi connectivity index (χ3n) is 3.25. The molecular formula is C14H19NO4S. The Kier molecular flexibility index (Phi) is 4.65. The van der Waals surface area contributed by atoms with Gasteiger partial charge in [-0.3, -0.25) is 4.79 Å². The number of hydrogen-bond acceptors (Lipinski definition) is 4. The van der Waals surface area contributed by atoms with Crippen molar-refractivity contribution in [1.82, 2.24) is 0 Å². The Labute approximate surface area is 119 Å². The van der Waals surface area contributed by atoms with Crippen molar-refractivity contribution in [2.75, 3.05) is 23.4 Å². The van der Waals surface area contributed by atoms with Crippen LogP contribution in [0, 0.1) is 5.92 Å². The van der Waals surface area contributed by atoms with Crippen LogP contribution in [-0.2, 0) is 14.6 Å². The second kappa shape index (κ2) is 6.26. The average Bonchev–Trinajstić information content (AvgIpc) is 2.71. The first-order valence-corrected chi connectivity index (χ1v) is 8.54. The van der Waals surface area contributed by atoms with Crippen molar-refractivity contribution in [3.63, 3.8) is 0 Å². The summed E-state index contributed by atoms with van der Waals surface area (Å²) < 4.78 is 28.0. The lowest BCUT2D eigenvalue weighted by molar-refractivity contribution is -0.116. The lowest BCUT2D eigenvalue weighted by atomic mass is 10.1. The molecule has 1 saturated heterocycles. The van der Waals surface area contributed by atoms with E-state index in [1.54, 1.807) is 24.3 Å². The van der Waals surface area contributed by atoms with Crippen LogP contribution >= 0.6 is 0 Å². The molecule has 0 unspecified atom stereocenters. The van der Waals surface area contributed by atoms with E-state index in [2.05, 4.69) is 5.32 Å². The van der Waals surface area contributed by atoms with Crippen LogP contribution in [0.25, 0.3) is 0 Å². The zero-order chi connectivity index (χ0) is 14.6. The number of hydrogen-bond donors (Lipinski definition) is 1. The molecule has 1 aromatic carbocycles. The molecule has 6 heteroatoms. The lowest BCUT2D eigenvalue weighted by Crippen LogP contribution is -2.17. The van der Waals surface area contributed by atoms with E-state index in [9.17, 15) is 13.2 Å². The highest BCUT2D eigenvalue weighted by molar-refractivity contribution is 7.91. The molecule has 1 N–H and O–H groups in total. The monoisotopic (exact) mass is 297 g/mol. The van der Waals surface area contributed by atoms with Crippen molar-refractivity contribution < 1.29 is 17.9 Å². The third-order valence-corrected chi connectivity index (χ3v) is 5.09. The molecule has 1 amide bonds. The van der Waals surface area contributed by atoms with Crippen LogP contribution in [0.2, 0.25) is 0 Å². The normalized spacial score (nSPS) is 20.6. The van der Waals surface area contributed by atoms with Crippen molar-refractivity contribution in [3.05, 3.63) is 24.3 Å². The van der Waals surface area contributed by atoms with E-state index in [1.807, 2.05) is 6.92 Å². The molecule has 1 fully saturated rings. The van der Waals surface area contributed by atoms with Gasteiger partial charge in [0.1, 0.15) is 5.75 Å². The molecule has 2 rings (SSSR count). The average molecular weight is 297 g/mol. The van der Waals surface area contributed by atoms with Gasteiger partial charge >= 0.3 is 0 Å². The van der Waals surface area contributed by atoms with Gasteiger partial charge in [0.15, 0.2) is 9.84 Å². The molecule has 1 aliphatic rings. The van der Waals surface area contributed by atoms with Gasteiger partial charge < -0.3 is 10.1 Å². The Morgan fingerprint density at radius 1 is 1.35 bits per heavy atom. The molecule has 1 aromatic rings. The number of nitrogens with one attached hydrogen (secondary N) is 1. The smallest absolute Gasteiger partial charge is 0.224 e. The number of carbonyl (C=O) groups excluding carboxylic acids is 1. The van der Waals surface area contributed by atoms with Gasteiger partial charge in [0.05, 0.1) is 18.1 Å². The standard InChI is InChI=1S/C14H19NO4S/c1-2-19-13-5-3-12(4-6-13)15-14(16)9-11-7-8-20(17,18)10-11/h3-6,11H,2,7-10H2,1H3,(H,15,16)/t11-/m1/s1. The van der Waals surface area contributed by atoms with Crippen molar-refractivity contribution in [2.45, 2.75) is 19.8 Å². The third kappa shape index (κ3) is 4.23. The summed E-state index contributed by atoms with van der Waals surface area (Å²) in [6, 6.07) is 7.13. The van der Waals surface area contributed by atoms with Gasteiger partial charge in [-0.05, 0) is 43.5 Å². The molecule has 5 nitrogen and oxygen atoms in total. The van der Waals surface area contributed by atoms with Crippen LogP contribution in [0.5, 0.6) is 5.75 Å². The van der Waals surface area contributed by atoms with Crippen LogP contribution in [0.15, 0.2) is 24.3 Å². The predicted octanol–water partition coefficient (Wildman–Crippen LogP) is 1.85. The highest BCUT2D eigenvalue weighted by atomic mass is 32.2. The summed E-state index contributed by atoms with van der Waals surface area (Å²) >= 11 is 0. The number of anilines is 1. The maximum Gasteiger partial charge on any atom is 0.224 e. The van der Waals surface area contributed by atoms with E-state index in [1.165, 1.54) is 0 Å². The predicted molar refractivity (Wildman–Crippen MR) is 77.6 cm³/mol. The fourth-order valence-electron chi connectivity index (χ4n) is 2.31. The van der Waals surface area contributed by atoms with E-state index >= 15 is 0 Å². The fraction of sp³-hybridized carbons (Fsp3) is 0.500. The summed E-state index contributed by atoms with van der Waals surface area (Å²) in [5, 5.41) is 2.78. The van der Waals surface area contributed by atoms with Crippen LogP contribution in [0.4, 0.5) is 5.69 Å². The number of amides is 1. The minimum absolute atomic E-state index is 0.0531. The fourth-order valence-corrected chi connectivity index (χ4v) is 4.17. The van der Waals surface area contributed by atoms with E-state index in [0.717, 1.165) is 5.75 Å². The lowest BCUT2D eigenvalue weighted by Gasteiger charge is -2.09. The first kappa shape index (κ1) is 14.8. The van der Waals surface area contributed by atoms with Gasteiger partial charge in [0, 0.05) is 12.1 Å². The molecule has 110 valence electrons. The molecule has 1 aliphatic heterocycles. The van der Waals surface area contributed by atoms with Crippen LogP contribution < -0.4 is 10.1 Å². The molecule has 0 bridgehead atoms. The van der Waals surface area contributed by atoms with Gasteiger partial charge in [-0.2, -0.15) is 0 Å². The van der Waals surface area contributed by atoms with Gasteiger partial charge in [-0.25, -0.2) is 8.42 Å². The number of rotatable bonds is 5. The number of sulfone groups is 1. The first-order chi connectivity index (χ1) is 9.48. The topological polar surface area (TPSA) is 72.5 Å². The Bertz CT molecular complexity index is 565. The van der Waals surface area contributed by atoms with Gasteiger partial charge in [-0.1, -0.05) is 0 Å². The Balaban J connectivity index is 1.85. The number of benzene rings is 1. The van der Waals surface area contributed by atoms with Gasteiger partial charge in [-0.15, -0.1) is 0 Å². The Hall–Kier alpha value is -1.56. The molecule has 0 spiro atoms. The van der Waals surface area contributed by atoms with Crippen molar-refractivity contribution >= 4 is 21.4 Å². The van der Waals surface area contributed by atoms with E-state index in [-0.39, 0.29) is 29.8 Å². The van der Waals surface area contributed by atoms with Crippen molar-refractivity contribution in [2.24, 2.45) is 5.92 Å². The molecule has 0 radical (unpaired) electrons. The van der Waals surface area contributed by atoms with Crippen molar-refractivity contribution in [1.29, 1.82) is 0 Å². The van der Waals surface area contributed by atoms with E-state index < -0.39 is 9.84 Å². The summed E-state index contributed by atoms with van der Waals surface area (Å²) in [6.45, 7) is 2.51. The zero-order valence-electron chi connectivity index (χ0n) is 11.5. The van der Waals surface area contributed by atoms with Crippen molar-refractivity contribution in [3.8, 4) is 5.75 Å². The number of carbonyl (C=O) groups is 1. The SMILES string of the molecule is CCOc1ccc(NC(=O)C[C@H]2CCS(=O)(=O)C2)cc1. The molecule has 0 saturated carbocycles. The molecule has 1 heterocycles. The maximum atomic E-state index is 11.9. The Morgan fingerprint density at radius 3 is 2.60 bits per heavy atom. The molecular weight excluding hydrogens is 278 g/mol. The summed E-state index contributed by atoms with van der Waals surface area (Å²) in [4.78, 5) is 11.9. The van der Waals surface area contributed by atoms with Crippen LogP contribution in [0.3, 0.4) is 0 Å². The summed E-state index contributed by atoms with van der Waals surface area (Å²) in [5.74, 6) is 0.892. The molecule has 0 aromatic heterocycles. The zero-order valence-corrected chi connectivity index (χ0v) is 12.3. The highest BCUT2D eigenvalue weighted by Gasteiger charge is 2.29. The molecule has 0 aliphatic carbocycles. The minimum atomic E-state index is -2.92. The quantitative estimate of drug-likeness (QED) is 0.900. The summed E-state index contributed by atoms with van der Waals surface area (Å²) in [7, 11) is -2.92. The summed E-state index contributed by atoms with van der Waals surface area (Å²) in [5.41, 5.74) is 0.694. The Morgan fingerprint density at radius 2 is 2.05 bits per heavy atom. The first-order valence-electron chi connectivity index (χ1n) is 6.71. The second-order valence-corrected chi connectivity index (χ2v) is 7.21. The molecule has 20 heavy (non-hydrogen) atoms. The van der Waals surface area contributed by atoms with Crippen LogP contribution in [0.1, 0.15) is 19.8 Å². The highest BCUT2D eigenvalue weighted by Crippen LogP contribution is 2.22.